The van der Waals surface area contributed by atoms with Gasteiger partial charge in [-0.15, -0.1) is 24.0 Å². The lowest BCUT2D eigenvalue weighted by Crippen LogP contribution is -2.36. The maximum Gasteiger partial charge on any atom is 0.227 e. The maximum atomic E-state index is 12.1. The number of anilines is 1. The summed E-state index contributed by atoms with van der Waals surface area (Å²) in [5.41, 5.74) is 3.02. The summed E-state index contributed by atoms with van der Waals surface area (Å²) in [6, 6.07) is 15.6. The van der Waals surface area contributed by atoms with E-state index in [0.717, 1.165) is 53.6 Å². The number of benzene rings is 2. The molecule has 2 aromatic carbocycles. The molecule has 0 aliphatic heterocycles. The Hall–Kier alpha value is -1.80. The van der Waals surface area contributed by atoms with Gasteiger partial charge < -0.3 is 16.0 Å². The van der Waals surface area contributed by atoms with Crippen molar-refractivity contribution in [3.05, 3.63) is 64.7 Å². The third-order valence-electron chi connectivity index (χ3n) is 4.81. The van der Waals surface area contributed by atoms with Crippen LogP contribution in [0.15, 0.2) is 53.5 Å². The third-order valence-corrected chi connectivity index (χ3v) is 5.06. The minimum absolute atomic E-state index is 0. The van der Waals surface area contributed by atoms with Gasteiger partial charge >= 0.3 is 0 Å². The average molecular weight is 527 g/mol. The van der Waals surface area contributed by atoms with Gasteiger partial charge in [0.15, 0.2) is 5.96 Å². The second-order valence-corrected chi connectivity index (χ2v) is 7.43. The van der Waals surface area contributed by atoms with E-state index < -0.39 is 0 Å². The van der Waals surface area contributed by atoms with E-state index in [1.54, 1.807) is 0 Å². The number of hydrogen-bond acceptors (Lipinski definition) is 2. The van der Waals surface area contributed by atoms with E-state index in [9.17, 15) is 4.79 Å². The predicted molar refractivity (Wildman–Crippen MR) is 131 cm³/mol. The summed E-state index contributed by atoms with van der Waals surface area (Å²) in [5, 5.41) is 10.3. The molecular formula is C22H28ClIN4O. The number of nitrogens with one attached hydrogen (secondary N) is 3. The lowest BCUT2D eigenvalue weighted by Gasteiger charge is -2.24. The summed E-state index contributed by atoms with van der Waals surface area (Å²) >= 11 is 5.93. The molecule has 0 spiro atoms. The molecule has 0 atom stereocenters. The topological polar surface area (TPSA) is 65.5 Å². The monoisotopic (exact) mass is 526 g/mol. The molecule has 0 saturated heterocycles. The fraction of sp³-hybridized carbons (Fsp3) is 0.364. The Morgan fingerprint density at radius 3 is 2.52 bits per heavy atom. The molecule has 0 aromatic heterocycles. The largest absolute Gasteiger partial charge is 0.357 e. The van der Waals surface area contributed by atoms with Crippen LogP contribution >= 0.6 is 35.6 Å². The summed E-state index contributed by atoms with van der Waals surface area (Å²) in [4.78, 5) is 16.8. The van der Waals surface area contributed by atoms with Crippen LogP contribution in [0.3, 0.4) is 0 Å². The second-order valence-electron chi connectivity index (χ2n) is 6.99. The van der Waals surface area contributed by atoms with Crippen molar-refractivity contribution in [3.63, 3.8) is 0 Å². The smallest absolute Gasteiger partial charge is 0.227 e. The van der Waals surface area contributed by atoms with Crippen LogP contribution in [-0.2, 0) is 17.9 Å². The quantitative estimate of drug-likeness (QED) is 0.272. The first-order valence-electron chi connectivity index (χ1n) is 9.80. The molecule has 5 nitrogen and oxygen atoms in total. The zero-order chi connectivity index (χ0) is 19.8. The van der Waals surface area contributed by atoms with Gasteiger partial charge in [0, 0.05) is 29.7 Å². The number of nitrogens with zero attached hydrogens (tertiary/aromatic N) is 1. The molecule has 29 heavy (non-hydrogen) atoms. The maximum absolute atomic E-state index is 12.1. The normalized spacial score (nSPS) is 13.8. The first-order valence-corrected chi connectivity index (χ1v) is 10.2. The predicted octanol–water partition coefficient (Wildman–Crippen LogP) is 4.95. The highest BCUT2D eigenvalue weighted by Crippen LogP contribution is 2.27. The van der Waals surface area contributed by atoms with Crippen molar-refractivity contribution >= 4 is 53.1 Å². The van der Waals surface area contributed by atoms with Gasteiger partial charge in [0.05, 0.1) is 6.54 Å². The van der Waals surface area contributed by atoms with Crippen LogP contribution in [0, 0.1) is 5.92 Å². The Morgan fingerprint density at radius 2 is 1.86 bits per heavy atom. The molecule has 156 valence electrons. The van der Waals surface area contributed by atoms with Crippen LogP contribution in [0.5, 0.6) is 0 Å². The molecule has 0 radical (unpaired) electrons. The Balaban J connectivity index is 0.00000300. The van der Waals surface area contributed by atoms with Crippen molar-refractivity contribution in [2.45, 2.75) is 39.3 Å². The van der Waals surface area contributed by atoms with Gasteiger partial charge in [-0.25, -0.2) is 4.99 Å². The van der Waals surface area contributed by atoms with E-state index in [0.29, 0.717) is 13.1 Å². The zero-order valence-electron chi connectivity index (χ0n) is 16.6. The van der Waals surface area contributed by atoms with E-state index in [2.05, 4.69) is 20.9 Å². The van der Waals surface area contributed by atoms with Gasteiger partial charge in [-0.1, -0.05) is 42.3 Å². The highest BCUT2D eigenvalue weighted by atomic mass is 127. The number of halogens is 2. The van der Waals surface area contributed by atoms with E-state index in [1.807, 2.05) is 55.5 Å². The fourth-order valence-electron chi connectivity index (χ4n) is 2.96. The van der Waals surface area contributed by atoms with Crippen LogP contribution < -0.4 is 16.0 Å². The molecule has 0 heterocycles. The summed E-state index contributed by atoms with van der Waals surface area (Å²) in [7, 11) is 0. The summed E-state index contributed by atoms with van der Waals surface area (Å²) < 4.78 is 0. The molecule has 7 heteroatoms. The number of carbonyl (C=O) groups excluding carboxylic acids is 1. The Bertz CT molecular complexity index is 822. The molecule has 3 rings (SSSR count). The number of guanidine groups is 1. The van der Waals surface area contributed by atoms with E-state index in [-0.39, 0.29) is 35.8 Å². The summed E-state index contributed by atoms with van der Waals surface area (Å²) in [6.45, 7) is 4.02. The van der Waals surface area contributed by atoms with Crippen molar-refractivity contribution in [2.24, 2.45) is 10.9 Å². The molecule has 3 N–H and O–H groups in total. The first kappa shape index (κ1) is 23.5. The van der Waals surface area contributed by atoms with Gasteiger partial charge in [0.2, 0.25) is 5.91 Å². The molecule has 1 aliphatic carbocycles. The molecule has 0 unspecified atom stereocenters. The lowest BCUT2D eigenvalue weighted by molar-refractivity contribution is -0.122. The minimum Gasteiger partial charge on any atom is -0.357 e. The van der Waals surface area contributed by atoms with Crippen molar-refractivity contribution in [3.8, 4) is 0 Å². The van der Waals surface area contributed by atoms with Crippen LogP contribution in [0.1, 0.15) is 37.3 Å². The number of aliphatic imine (C=N–C) groups is 1. The van der Waals surface area contributed by atoms with Crippen molar-refractivity contribution in [1.29, 1.82) is 0 Å². The van der Waals surface area contributed by atoms with E-state index in [4.69, 9.17) is 11.6 Å². The minimum atomic E-state index is 0. The van der Waals surface area contributed by atoms with Gasteiger partial charge in [0.1, 0.15) is 0 Å². The number of carbonyl (C=O) groups is 1. The Kier molecular flexibility index (Phi) is 9.73. The van der Waals surface area contributed by atoms with E-state index in [1.165, 1.54) is 0 Å². The highest BCUT2D eigenvalue weighted by Gasteiger charge is 2.25. The van der Waals surface area contributed by atoms with Crippen LogP contribution in [-0.4, -0.2) is 18.4 Å². The molecular weight excluding hydrogens is 499 g/mol. The zero-order valence-corrected chi connectivity index (χ0v) is 19.7. The molecule has 0 bridgehead atoms. The SMILES string of the molecule is CCNC(=NCc1cccc(NC(=O)C2CCC2)c1)NCc1ccc(Cl)cc1.I. The standard InChI is InChI=1S/C22H27ClN4O.HI/c1-2-24-22(25-14-16-9-11-19(23)12-10-16)26-15-17-5-3-8-20(13-17)27-21(28)18-6-4-7-18;/h3,5,8-13,18H,2,4,6-7,14-15H2,1H3,(H,27,28)(H2,24,25,26);1H. The number of amides is 1. The van der Waals surface area contributed by atoms with Crippen LogP contribution in [0.4, 0.5) is 5.69 Å². The average Bonchev–Trinajstić information content (AvgIpc) is 2.64. The van der Waals surface area contributed by atoms with E-state index >= 15 is 0 Å². The first-order chi connectivity index (χ1) is 13.6. The lowest BCUT2D eigenvalue weighted by atomic mass is 9.85. The summed E-state index contributed by atoms with van der Waals surface area (Å²) in [6.07, 6.45) is 3.16. The third kappa shape index (κ3) is 7.51. The highest BCUT2D eigenvalue weighted by molar-refractivity contribution is 14.0. The summed E-state index contributed by atoms with van der Waals surface area (Å²) in [5.74, 6) is 1.06. The van der Waals surface area contributed by atoms with Crippen LogP contribution in [0.2, 0.25) is 5.02 Å². The fourth-order valence-corrected chi connectivity index (χ4v) is 3.09. The number of hydrogen-bond donors (Lipinski definition) is 3. The molecule has 1 amide bonds. The van der Waals surface area contributed by atoms with Gasteiger partial charge in [0.25, 0.3) is 0 Å². The molecule has 1 aliphatic rings. The Morgan fingerprint density at radius 1 is 1.10 bits per heavy atom. The number of rotatable bonds is 7. The molecule has 1 saturated carbocycles. The van der Waals surface area contributed by atoms with Crippen molar-refractivity contribution in [1.82, 2.24) is 10.6 Å². The second kappa shape index (κ2) is 12.0. The molecule has 1 fully saturated rings. The molecule has 2 aromatic rings. The van der Waals surface area contributed by atoms with Gasteiger partial charge in [-0.3, -0.25) is 4.79 Å². The van der Waals surface area contributed by atoms with Gasteiger partial charge in [-0.2, -0.15) is 0 Å². The van der Waals surface area contributed by atoms with Gasteiger partial charge in [-0.05, 0) is 55.2 Å². The Labute approximate surface area is 194 Å². The van der Waals surface area contributed by atoms with Crippen LogP contribution in [0.25, 0.3) is 0 Å². The van der Waals surface area contributed by atoms with Crippen molar-refractivity contribution in [2.75, 3.05) is 11.9 Å². The van der Waals surface area contributed by atoms with Crippen molar-refractivity contribution < 1.29 is 4.79 Å².